The Labute approximate surface area is 144 Å². The van der Waals surface area contributed by atoms with Crippen molar-refractivity contribution in [3.63, 3.8) is 0 Å². The van der Waals surface area contributed by atoms with E-state index in [-0.39, 0.29) is 0 Å². The maximum Gasteiger partial charge on any atom is 0.119 e. The lowest BCUT2D eigenvalue weighted by molar-refractivity contribution is 0.0638. The normalized spacial score (nSPS) is 15.8. The van der Waals surface area contributed by atoms with Gasteiger partial charge in [-0.05, 0) is 41.7 Å². The third-order valence-corrected chi connectivity index (χ3v) is 4.58. The summed E-state index contributed by atoms with van der Waals surface area (Å²) >= 11 is 0. The lowest BCUT2D eigenvalue weighted by atomic mass is 10.00. The lowest BCUT2D eigenvalue weighted by Gasteiger charge is -2.30. The van der Waals surface area contributed by atoms with E-state index in [4.69, 9.17) is 4.74 Å². The molecule has 128 valence electrons. The smallest absolute Gasteiger partial charge is 0.119 e. The van der Waals surface area contributed by atoms with Crippen LogP contribution in [0, 0.1) is 0 Å². The molecule has 2 aromatic rings. The minimum absolute atomic E-state index is 0.339. The number of rotatable bonds is 7. The molecule has 0 saturated heterocycles. The van der Waals surface area contributed by atoms with Crippen LogP contribution in [0.2, 0.25) is 0 Å². The molecule has 0 unspecified atom stereocenters. The topological polar surface area (TPSA) is 32.7 Å². The van der Waals surface area contributed by atoms with Crippen molar-refractivity contribution < 1.29 is 9.84 Å². The fraction of sp³-hybridized carbons (Fsp3) is 0.429. The Hall–Kier alpha value is -1.84. The predicted molar refractivity (Wildman–Crippen MR) is 97.4 cm³/mol. The molecule has 24 heavy (non-hydrogen) atoms. The van der Waals surface area contributed by atoms with Crippen LogP contribution < -0.4 is 4.74 Å². The number of fused-ring (bicyclic) bond motifs is 1. The summed E-state index contributed by atoms with van der Waals surface area (Å²) in [5, 5.41) is 10.3. The second-order valence-electron chi connectivity index (χ2n) is 6.61. The van der Waals surface area contributed by atoms with Crippen LogP contribution in [0.25, 0.3) is 0 Å². The van der Waals surface area contributed by atoms with Crippen molar-refractivity contribution in [2.75, 3.05) is 19.7 Å². The zero-order chi connectivity index (χ0) is 16.8. The van der Waals surface area contributed by atoms with Gasteiger partial charge >= 0.3 is 0 Å². The molecule has 3 rings (SSSR count). The molecule has 1 N–H and O–H groups in total. The van der Waals surface area contributed by atoms with Crippen molar-refractivity contribution in [3.8, 4) is 5.75 Å². The summed E-state index contributed by atoms with van der Waals surface area (Å²) in [4.78, 5) is 2.31. The molecule has 1 atom stereocenters. The first-order valence-corrected chi connectivity index (χ1v) is 8.93. The van der Waals surface area contributed by atoms with Crippen LogP contribution in [-0.2, 0) is 19.4 Å². The van der Waals surface area contributed by atoms with Crippen molar-refractivity contribution in [1.82, 2.24) is 4.90 Å². The third kappa shape index (κ3) is 4.59. The number of nitrogens with zero attached hydrogens (tertiary/aromatic N) is 1. The van der Waals surface area contributed by atoms with E-state index >= 15 is 0 Å². The zero-order valence-electron chi connectivity index (χ0n) is 14.4. The van der Waals surface area contributed by atoms with Gasteiger partial charge in [-0.3, -0.25) is 4.90 Å². The molecule has 0 aliphatic carbocycles. The summed E-state index contributed by atoms with van der Waals surface area (Å²) in [6, 6.07) is 16.8. The number of aryl methyl sites for hydroxylation is 1. The molecular weight excluding hydrogens is 298 g/mol. The number of ether oxygens (including phenoxy) is 1. The lowest BCUT2D eigenvalue weighted by Crippen LogP contribution is -2.38. The summed E-state index contributed by atoms with van der Waals surface area (Å²) in [7, 11) is 0. The van der Waals surface area contributed by atoms with Crippen molar-refractivity contribution in [2.45, 2.75) is 38.8 Å². The maximum atomic E-state index is 10.3. The molecular formula is C21H27NO2. The standard InChI is InChI=1S/C21H27NO2/c1-2-5-17-8-10-21(11-9-17)24-16-20(23)15-22-13-12-18-6-3-4-7-19(18)14-22/h3-4,6-11,20,23H,2,5,12-16H2,1H3/t20-/m1/s1. The summed E-state index contributed by atoms with van der Waals surface area (Å²) in [5.74, 6) is 0.831. The van der Waals surface area contributed by atoms with Gasteiger partial charge in [0.2, 0.25) is 0 Å². The van der Waals surface area contributed by atoms with Gasteiger partial charge in [0.15, 0.2) is 0 Å². The summed E-state index contributed by atoms with van der Waals surface area (Å²) < 4.78 is 5.74. The Morgan fingerprint density at radius 3 is 2.58 bits per heavy atom. The van der Waals surface area contributed by atoms with Crippen LogP contribution >= 0.6 is 0 Å². The zero-order valence-corrected chi connectivity index (χ0v) is 14.4. The van der Waals surface area contributed by atoms with Crippen molar-refractivity contribution in [1.29, 1.82) is 0 Å². The Bertz CT molecular complexity index is 639. The minimum Gasteiger partial charge on any atom is -0.491 e. The fourth-order valence-corrected chi connectivity index (χ4v) is 3.29. The first-order valence-electron chi connectivity index (χ1n) is 8.93. The van der Waals surface area contributed by atoms with Gasteiger partial charge in [0, 0.05) is 19.6 Å². The quantitative estimate of drug-likeness (QED) is 0.846. The average Bonchev–Trinajstić information content (AvgIpc) is 2.61. The highest BCUT2D eigenvalue weighted by Crippen LogP contribution is 2.19. The number of hydrogen-bond acceptors (Lipinski definition) is 3. The van der Waals surface area contributed by atoms with Crippen LogP contribution in [0.4, 0.5) is 0 Å². The SMILES string of the molecule is CCCc1ccc(OC[C@H](O)CN2CCc3ccccc3C2)cc1. The van der Waals surface area contributed by atoms with Gasteiger partial charge in [-0.1, -0.05) is 49.7 Å². The van der Waals surface area contributed by atoms with E-state index in [0.29, 0.717) is 13.2 Å². The molecule has 0 amide bonds. The maximum absolute atomic E-state index is 10.3. The Balaban J connectivity index is 1.45. The predicted octanol–water partition coefficient (Wildman–Crippen LogP) is 3.44. The highest BCUT2D eigenvalue weighted by Gasteiger charge is 2.18. The van der Waals surface area contributed by atoms with Gasteiger partial charge in [0.05, 0.1) is 0 Å². The highest BCUT2D eigenvalue weighted by atomic mass is 16.5. The number of aliphatic hydroxyl groups excluding tert-OH is 1. The largest absolute Gasteiger partial charge is 0.491 e. The van der Waals surface area contributed by atoms with E-state index in [2.05, 4.69) is 48.2 Å². The van der Waals surface area contributed by atoms with Gasteiger partial charge in [0.1, 0.15) is 18.5 Å². The highest BCUT2D eigenvalue weighted by molar-refractivity contribution is 5.29. The number of benzene rings is 2. The van der Waals surface area contributed by atoms with Crippen LogP contribution in [0.1, 0.15) is 30.0 Å². The van der Waals surface area contributed by atoms with Gasteiger partial charge in [-0.15, -0.1) is 0 Å². The van der Waals surface area contributed by atoms with E-state index in [1.165, 1.54) is 16.7 Å². The molecule has 0 aromatic heterocycles. The molecule has 0 saturated carbocycles. The van der Waals surface area contributed by atoms with E-state index < -0.39 is 6.10 Å². The van der Waals surface area contributed by atoms with Crippen LogP contribution in [0.15, 0.2) is 48.5 Å². The summed E-state index contributed by atoms with van der Waals surface area (Å²) in [5.41, 5.74) is 4.15. The van der Waals surface area contributed by atoms with E-state index in [0.717, 1.165) is 38.1 Å². The van der Waals surface area contributed by atoms with Crippen LogP contribution in [0.3, 0.4) is 0 Å². The second kappa shape index (κ2) is 8.32. The summed E-state index contributed by atoms with van der Waals surface area (Å²) in [6.45, 7) is 5.09. The molecule has 1 heterocycles. The molecule has 1 aliphatic rings. The van der Waals surface area contributed by atoms with E-state index in [1.54, 1.807) is 0 Å². The van der Waals surface area contributed by atoms with Gasteiger partial charge in [-0.2, -0.15) is 0 Å². The van der Waals surface area contributed by atoms with Crippen LogP contribution in [0.5, 0.6) is 5.75 Å². The molecule has 0 radical (unpaired) electrons. The first kappa shape index (κ1) is 17.0. The van der Waals surface area contributed by atoms with E-state index in [1.807, 2.05) is 12.1 Å². The summed E-state index contributed by atoms with van der Waals surface area (Å²) in [6.07, 6.45) is 2.84. The second-order valence-corrected chi connectivity index (χ2v) is 6.61. The van der Waals surface area contributed by atoms with Crippen molar-refractivity contribution in [2.24, 2.45) is 0 Å². The number of β-amino-alcohol motifs (C(OH)–C–C–N with tert-alkyl or cyclic N) is 1. The fourth-order valence-electron chi connectivity index (χ4n) is 3.29. The molecule has 3 nitrogen and oxygen atoms in total. The van der Waals surface area contributed by atoms with Gasteiger partial charge in [-0.25, -0.2) is 0 Å². The molecule has 3 heteroatoms. The number of aliphatic hydroxyl groups is 1. The molecule has 0 spiro atoms. The molecule has 2 aromatic carbocycles. The van der Waals surface area contributed by atoms with Crippen LogP contribution in [-0.4, -0.2) is 35.8 Å². The van der Waals surface area contributed by atoms with Gasteiger partial charge in [0.25, 0.3) is 0 Å². The van der Waals surface area contributed by atoms with Crippen molar-refractivity contribution in [3.05, 3.63) is 65.2 Å². The number of hydrogen-bond donors (Lipinski definition) is 1. The molecule has 1 aliphatic heterocycles. The molecule has 0 bridgehead atoms. The Morgan fingerprint density at radius 2 is 1.83 bits per heavy atom. The van der Waals surface area contributed by atoms with Crippen molar-refractivity contribution >= 4 is 0 Å². The van der Waals surface area contributed by atoms with E-state index in [9.17, 15) is 5.11 Å². The molecule has 0 fully saturated rings. The Morgan fingerprint density at radius 1 is 1.08 bits per heavy atom. The third-order valence-electron chi connectivity index (χ3n) is 4.58. The van der Waals surface area contributed by atoms with Gasteiger partial charge < -0.3 is 9.84 Å². The minimum atomic E-state index is -0.467. The monoisotopic (exact) mass is 325 g/mol. The average molecular weight is 325 g/mol. The Kier molecular flexibility index (Phi) is 5.89. The first-order chi connectivity index (χ1) is 11.7.